The second-order valence-corrected chi connectivity index (χ2v) is 9.19. The lowest BCUT2D eigenvalue weighted by Crippen LogP contribution is -2.36. The zero-order valence-corrected chi connectivity index (χ0v) is 22.0. The van der Waals surface area contributed by atoms with Crippen LogP contribution in [0.5, 0.6) is 11.5 Å². The summed E-state index contributed by atoms with van der Waals surface area (Å²) in [6.45, 7) is 2.64. The van der Waals surface area contributed by atoms with Crippen molar-refractivity contribution >= 4 is 51.6 Å². The number of aromatic nitrogens is 2. The summed E-state index contributed by atoms with van der Waals surface area (Å²) in [6, 6.07) is 20.4. The van der Waals surface area contributed by atoms with E-state index < -0.39 is 0 Å². The van der Waals surface area contributed by atoms with Gasteiger partial charge in [0.15, 0.2) is 18.1 Å². The average molecular weight is 544 g/mol. The monoisotopic (exact) mass is 543 g/mol. The number of aromatic amines is 1. The third kappa shape index (κ3) is 6.14. The number of nitrogens with one attached hydrogen (secondary N) is 2. The number of carbonyl (C=O) groups is 1. The number of rotatable bonds is 8. The SMILES string of the molecule is COc1cc(C=C(C#N)c2nc3ccccc3[nH]2)ccc1OCC(=O)Nc1ccc(N2CCOCC2)c(Cl)c1. The summed E-state index contributed by atoms with van der Waals surface area (Å²) in [5.41, 5.74) is 4.21. The number of ether oxygens (including phenoxy) is 3. The number of benzene rings is 3. The molecule has 2 heterocycles. The first-order valence-corrected chi connectivity index (χ1v) is 12.7. The van der Waals surface area contributed by atoms with Crippen molar-refractivity contribution in [1.29, 1.82) is 5.26 Å². The highest BCUT2D eigenvalue weighted by Crippen LogP contribution is 2.31. The lowest BCUT2D eigenvalue weighted by atomic mass is 10.1. The number of H-pyrrole nitrogens is 1. The van der Waals surface area contributed by atoms with Gasteiger partial charge >= 0.3 is 0 Å². The fourth-order valence-electron chi connectivity index (χ4n) is 4.28. The van der Waals surface area contributed by atoms with Crippen molar-refractivity contribution < 1.29 is 19.0 Å². The van der Waals surface area contributed by atoms with Gasteiger partial charge in [-0.3, -0.25) is 4.79 Å². The molecule has 1 fully saturated rings. The maximum absolute atomic E-state index is 12.6. The van der Waals surface area contributed by atoms with Gasteiger partial charge in [-0.15, -0.1) is 0 Å². The van der Waals surface area contributed by atoms with Gasteiger partial charge in [0.1, 0.15) is 11.9 Å². The second-order valence-electron chi connectivity index (χ2n) is 8.79. The van der Waals surface area contributed by atoms with Crippen molar-refractivity contribution in [1.82, 2.24) is 9.97 Å². The molecule has 10 heteroatoms. The number of imidazole rings is 1. The minimum Gasteiger partial charge on any atom is -0.493 e. The van der Waals surface area contributed by atoms with Crippen molar-refractivity contribution in [2.75, 3.05) is 50.2 Å². The number of nitriles is 1. The van der Waals surface area contributed by atoms with E-state index in [1.165, 1.54) is 7.11 Å². The third-order valence-corrected chi connectivity index (χ3v) is 6.51. The summed E-state index contributed by atoms with van der Waals surface area (Å²) in [5, 5.41) is 13.1. The standard InChI is InChI=1S/C29H26ClN5O4/c1-37-27-15-19(14-20(17-31)29-33-23-4-2-3-5-24(23)34-29)6-9-26(27)39-18-28(36)32-21-7-8-25(22(30)16-21)35-10-12-38-13-11-35/h2-9,14-16H,10-13,18H2,1H3,(H,32,36)(H,33,34). The molecule has 0 radical (unpaired) electrons. The minimum absolute atomic E-state index is 0.225. The second kappa shape index (κ2) is 11.9. The highest BCUT2D eigenvalue weighted by atomic mass is 35.5. The summed E-state index contributed by atoms with van der Waals surface area (Å²) >= 11 is 6.47. The molecule has 0 saturated carbocycles. The van der Waals surface area contributed by atoms with E-state index in [0.717, 1.165) is 35.4 Å². The molecule has 0 unspecified atom stereocenters. The molecule has 0 atom stereocenters. The molecule has 4 aromatic rings. The zero-order valence-electron chi connectivity index (χ0n) is 21.2. The molecule has 39 heavy (non-hydrogen) atoms. The topological polar surface area (TPSA) is 112 Å². The number of anilines is 2. The molecule has 0 bridgehead atoms. The molecule has 1 saturated heterocycles. The van der Waals surface area contributed by atoms with Crippen molar-refractivity contribution in [2.24, 2.45) is 0 Å². The Hall–Kier alpha value is -4.52. The number of allylic oxidation sites excluding steroid dienone is 1. The number of fused-ring (bicyclic) bond motifs is 1. The maximum Gasteiger partial charge on any atom is 0.262 e. The largest absolute Gasteiger partial charge is 0.493 e. The van der Waals surface area contributed by atoms with Crippen LogP contribution in [0.4, 0.5) is 11.4 Å². The maximum atomic E-state index is 12.6. The fourth-order valence-corrected chi connectivity index (χ4v) is 4.58. The van der Waals surface area contributed by atoms with Crippen molar-refractivity contribution in [3.05, 3.63) is 77.1 Å². The van der Waals surface area contributed by atoms with Gasteiger partial charge in [0.05, 0.1) is 47.6 Å². The number of hydrogen-bond donors (Lipinski definition) is 2. The lowest BCUT2D eigenvalue weighted by Gasteiger charge is -2.29. The van der Waals surface area contributed by atoms with E-state index in [0.29, 0.717) is 46.8 Å². The van der Waals surface area contributed by atoms with Crippen LogP contribution in [0.1, 0.15) is 11.4 Å². The Morgan fingerprint density at radius 2 is 2.00 bits per heavy atom. The third-order valence-electron chi connectivity index (χ3n) is 6.21. The van der Waals surface area contributed by atoms with Crippen LogP contribution in [-0.4, -0.2) is 55.9 Å². The number of morpholine rings is 1. The molecule has 1 aromatic heterocycles. The van der Waals surface area contributed by atoms with Gasteiger partial charge in [-0.05, 0) is 54.1 Å². The van der Waals surface area contributed by atoms with Crippen LogP contribution >= 0.6 is 11.6 Å². The van der Waals surface area contributed by atoms with Crippen LogP contribution in [0.25, 0.3) is 22.7 Å². The van der Waals surface area contributed by atoms with Gasteiger partial charge in [0.25, 0.3) is 5.91 Å². The van der Waals surface area contributed by atoms with E-state index >= 15 is 0 Å². The van der Waals surface area contributed by atoms with E-state index in [2.05, 4.69) is 26.3 Å². The molecule has 1 amide bonds. The molecule has 3 aromatic carbocycles. The first-order valence-electron chi connectivity index (χ1n) is 12.3. The van der Waals surface area contributed by atoms with Crippen LogP contribution in [0.15, 0.2) is 60.7 Å². The molecule has 0 aliphatic carbocycles. The Labute approximate surface area is 230 Å². The molecule has 1 aliphatic rings. The van der Waals surface area contributed by atoms with Crippen LogP contribution in [0.2, 0.25) is 5.02 Å². The zero-order chi connectivity index (χ0) is 27.2. The Morgan fingerprint density at radius 1 is 1.18 bits per heavy atom. The number of amides is 1. The Morgan fingerprint density at radius 3 is 2.74 bits per heavy atom. The number of carbonyl (C=O) groups excluding carboxylic acids is 1. The predicted molar refractivity (Wildman–Crippen MR) is 151 cm³/mol. The molecule has 5 rings (SSSR count). The number of halogens is 1. The highest BCUT2D eigenvalue weighted by molar-refractivity contribution is 6.33. The molecule has 1 aliphatic heterocycles. The van der Waals surface area contributed by atoms with E-state index in [1.807, 2.05) is 36.4 Å². The van der Waals surface area contributed by atoms with Gasteiger partial charge in [-0.1, -0.05) is 29.8 Å². The number of nitrogens with zero attached hydrogens (tertiary/aromatic N) is 3. The molecular weight excluding hydrogens is 518 g/mol. The first-order chi connectivity index (χ1) is 19.0. The van der Waals surface area contributed by atoms with E-state index in [9.17, 15) is 10.1 Å². The van der Waals surface area contributed by atoms with Crippen LogP contribution in [-0.2, 0) is 9.53 Å². The van der Waals surface area contributed by atoms with Gasteiger partial charge in [-0.25, -0.2) is 4.98 Å². The summed E-state index contributed by atoms with van der Waals surface area (Å²) in [5.74, 6) is 0.963. The van der Waals surface area contributed by atoms with Crippen molar-refractivity contribution in [3.63, 3.8) is 0 Å². The van der Waals surface area contributed by atoms with Crippen molar-refractivity contribution in [2.45, 2.75) is 0 Å². The summed E-state index contributed by atoms with van der Waals surface area (Å²) in [7, 11) is 1.51. The Bertz CT molecular complexity index is 1540. The molecule has 0 spiro atoms. The van der Waals surface area contributed by atoms with Crippen molar-refractivity contribution in [3.8, 4) is 17.6 Å². The highest BCUT2D eigenvalue weighted by Gasteiger charge is 2.16. The van der Waals surface area contributed by atoms with Crippen LogP contribution in [0.3, 0.4) is 0 Å². The Balaban J connectivity index is 1.23. The average Bonchev–Trinajstić information content (AvgIpc) is 3.40. The molecule has 2 N–H and O–H groups in total. The van der Waals surface area contributed by atoms with Gasteiger partial charge in [0, 0.05) is 18.8 Å². The van der Waals surface area contributed by atoms with Crippen LogP contribution in [0, 0.1) is 11.3 Å². The number of hydrogen-bond acceptors (Lipinski definition) is 7. The number of para-hydroxylation sites is 2. The van der Waals surface area contributed by atoms with E-state index in [4.69, 9.17) is 25.8 Å². The smallest absolute Gasteiger partial charge is 0.262 e. The van der Waals surface area contributed by atoms with E-state index in [-0.39, 0.29) is 12.5 Å². The first kappa shape index (κ1) is 26.1. The summed E-state index contributed by atoms with van der Waals surface area (Å²) in [4.78, 5) is 22.4. The molecule has 9 nitrogen and oxygen atoms in total. The minimum atomic E-state index is -0.340. The summed E-state index contributed by atoms with van der Waals surface area (Å²) in [6.07, 6.45) is 1.71. The predicted octanol–water partition coefficient (Wildman–Crippen LogP) is 5.14. The lowest BCUT2D eigenvalue weighted by molar-refractivity contribution is -0.118. The number of methoxy groups -OCH3 is 1. The van der Waals surface area contributed by atoms with Gasteiger partial charge in [-0.2, -0.15) is 5.26 Å². The quantitative estimate of drug-likeness (QED) is 0.296. The van der Waals surface area contributed by atoms with E-state index in [1.54, 1.807) is 30.3 Å². The normalized spacial score (nSPS) is 13.7. The molecule has 198 valence electrons. The molecular formula is C29H26ClN5O4. The summed E-state index contributed by atoms with van der Waals surface area (Å²) < 4.78 is 16.6. The van der Waals surface area contributed by atoms with Gasteiger partial charge < -0.3 is 29.4 Å². The van der Waals surface area contributed by atoms with Gasteiger partial charge in [0.2, 0.25) is 0 Å². The Kier molecular flexibility index (Phi) is 7.96. The van der Waals surface area contributed by atoms with Crippen LogP contribution < -0.4 is 19.7 Å². The fraction of sp³-hybridized carbons (Fsp3) is 0.207.